The predicted molar refractivity (Wildman–Crippen MR) is 58.4 cm³/mol. The monoisotopic (exact) mass is 191 g/mol. The van der Waals surface area contributed by atoms with Gasteiger partial charge in [0.15, 0.2) is 0 Å². The van der Waals surface area contributed by atoms with E-state index < -0.39 is 0 Å². The Bertz CT molecular complexity index is 301. The fourth-order valence-electron chi connectivity index (χ4n) is 2.42. The lowest BCUT2D eigenvalue weighted by molar-refractivity contribution is 0.294. The van der Waals surface area contributed by atoms with E-state index >= 15 is 0 Å². The smallest absolute Gasteiger partial charge is 0.114 e. The normalized spacial score (nSPS) is 33.9. The summed E-state index contributed by atoms with van der Waals surface area (Å²) in [5.41, 5.74) is 1.35. The molecule has 2 aliphatic carbocycles. The van der Waals surface area contributed by atoms with E-state index in [0.717, 1.165) is 12.2 Å². The predicted octanol–water partition coefficient (Wildman–Crippen LogP) is 2.57. The van der Waals surface area contributed by atoms with Crippen LogP contribution in [0, 0.1) is 11.8 Å². The summed E-state index contributed by atoms with van der Waals surface area (Å²) in [6.07, 6.45) is 10.2. The maximum absolute atomic E-state index is 5.24. The molecule has 0 saturated heterocycles. The summed E-state index contributed by atoms with van der Waals surface area (Å²) in [6, 6.07) is 0. The average Bonchev–Trinajstić information content (AvgIpc) is 2.27. The van der Waals surface area contributed by atoms with Gasteiger partial charge in [0.25, 0.3) is 0 Å². The van der Waals surface area contributed by atoms with Crippen LogP contribution in [0.25, 0.3) is 0 Å². The third-order valence-electron chi connectivity index (χ3n) is 3.19. The number of rotatable bonds is 1. The van der Waals surface area contributed by atoms with Crippen LogP contribution in [0.15, 0.2) is 29.0 Å². The molecule has 1 fully saturated rings. The molecule has 0 N–H and O–H groups in total. The van der Waals surface area contributed by atoms with Gasteiger partial charge in [-0.3, -0.25) is 4.99 Å². The summed E-state index contributed by atoms with van der Waals surface area (Å²) in [4.78, 5) is 4.38. The summed E-state index contributed by atoms with van der Waals surface area (Å²) < 4.78 is 5.24. The molecule has 0 bridgehead atoms. The Kier molecular flexibility index (Phi) is 2.71. The first kappa shape index (κ1) is 9.50. The minimum atomic E-state index is 0.535. The Morgan fingerprint density at radius 3 is 3.07 bits per heavy atom. The first-order valence-corrected chi connectivity index (χ1v) is 5.24. The first-order chi connectivity index (χ1) is 6.85. The largest absolute Gasteiger partial charge is 0.497 e. The fraction of sp³-hybridized carbons (Fsp3) is 0.583. The Balaban J connectivity index is 2.20. The molecule has 0 aromatic heterocycles. The third-order valence-corrected chi connectivity index (χ3v) is 3.19. The highest BCUT2D eigenvalue weighted by atomic mass is 16.5. The molecule has 0 heterocycles. The van der Waals surface area contributed by atoms with Gasteiger partial charge in [0.05, 0.1) is 7.11 Å². The van der Waals surface area contributed by atoms with Crippen LogP contribution in [0.4, 0.5) is 0 Å². The topological polar surface area (TPSA) is 21.6 Å². The molecule has 1 saturated carbocycles. The highest BCUT2D eigenvalue weighted by Crippen LogP contribution is 2.34. The number of ether oxygens (including phenoxy) is 1. The van der Waals surface area contributed by atoms with Crippen LogP contribution in [-0.4, -0.2) is 19.9 Å². The average molecular weight is 191 g/mol. The van der Waals surface area contributed by atoms with Crippen LogP contribution in [0.3, 0.4) is 0 Å². The maximum atomic E-state index is 5.24. The fourth-order valence-corrected chi connectivity index (χ4v) is 2.42. The maximum Gasteiger partial charge on any atom is 0.114 e. The quantitative estimate of drug-likeness (QED) is 0.624. The Hall–Kier alpha value is -1.05. The number of methoxy groups -OCH3 is 1. The van der Waals surface area contributed by atoms with Crippen LogP contribution in [0.1, 0.15) is 19.3 Å². The molecule has 2 rings (SSSR count). The van der Waals surface area contributed by atoms with Crippen molar-refractivity contribution in [2.24, 2.45) is 16.8 Å². The van der Waals surface area contributed by atoms with Crippen molar-refractivity contribution in [1.29, 1.82) is 0 Å². The summed E-state index contributed by atoms with van der Waals surface area (Å²) in [5.74, 6) is 2.15. The molecule has 14 heavy (non-hydrogen) atoms. The van der Waals surface area contributed by atoms with Crippen LogP contribution < -0.4 is 0 Å². The molecule has 0 radical (unpaired) electrons. The van der Waals surface area contributed by atoms with E-state index in [0.29, 0.717) is 11.8 Å². The standard InChI is InChI=1S/C12H17NO/c1-13-12-5-3-4-9-8-10(14-2)6-7-11(9)12/h6-9,11H,3-5H2,1-2H3/b13-12-. The van der Waals surface area contributed by atoms with E-state index in [1.807, 2.05) is 7.05 Å². The van der Waals surface area contributed by atoms with Gasteiger partial charge in [-0.05, 0) is 37.3 Å². The van der Waals surface area contributed by atoms with Gasteiger partial charge in [-0.2, -0.15) is 0 Å². The van der Waals surface area contributed by atoms with E-state index in [2.05, 4.69) is 23.2 Å². The molecule has 0 aromatic carbocycles. The minimum Gasteiger partial charge on any atom is -0.497 e. The lowest BCUT2D eigenvalue weighted by Crippen LogP contribution is -2.27. The van der Waals surface area contributed by atoms with Crippen molar-refractivity contribution in [3.05, 3.63) is 24.0 Å². The number of allylic oxidation sites excluding steroid dienone is 3. The molecule has 0 amide bonds. The second kappa shape index (κ2) is 3.99. The molecule has 2 nitrogen and oxygen atoms in total. The SMILES string of the molecule is C/N=C1/CCCC2C=C(OC)C=CC12. The van der Waals surface area contributed by atoms with E-state index in [4.69, 9.17) is 4.74 Å². The zero-order chi connectivity index (χ0) is 9.97. The molecule has 0 spiro atoms. The van der Waals surface area contributed by atoms with Gasteiger partial charge in [0.2, 0.25) is 0 Å². The van der Waals surface area contributed by atoms with Gasteiger partial charge in [0.1, 0.15) is 5.76 Å². The number of fused-ring (bicyclic) bond motifs is 1. The number of hydrogen-bond acceptors (Lipinski definition) is 2. The van der Waals surface area contributed by atoms with Crippen LogP contribution in [0.5, 0.6) is 0 Å². The molecule has 76 valence electrons. The third kappa shape index (κ3) is 1.61. The second-order valence-electron chi connectivity index (χ2n) is 3.93. The molecule has 2 heteroatoms. The minimum absolute atomic E-state index is 0.535. The van der Waals surface area contributed by atoms with Crippen molar-refractivity contribution in [2.75, 3.05) is 14.2 Å². The summed E-state index contributed by atoms with van der Waals surface area (Å²) in [7, 11) is 3.63. The van der Waals surface area contributed by atoms with Crippen molar-refractivity contribution >= 4 is 5.71 Å². The van der Waals surface area contributed by atoms with Gasteiger partial charge in [-0.25, -0.2) is 0 Å². The van der Waals surface area contributed by atoms with Crippen molar-refractivity contribution in [3.8, 4) is 0 Å². The summed E-state index contributed by atoms with van der Waals surface area (Å²) in [5, 5.41) is 0. The molecule has 2 aliphatic rings. The van der Waals surface area contributed by atoms with Crippen molar-refractivity contribution in [2.45, 2.75) is 19.3 Å². The Labute approximate surface area is 85.4 Å². The van der Waals surface area contributed by atoms with Crippen molar-refractivity contribution in [1.82, 2.24) is 0 Å². The van der Waals surface area contributed by atoms with E-state index in [-0.39, 0.29) is 0 Å². The second-order valence-corrected chi connectivity index (χ2v) is 3.93. The van der Waals surface area contributed by atoms with E-state index in [9.17, 15) is 0 Å². The van der Waals surface area contributed by atoms with Gasteiger partial charge in [-0.1, -0.05) is 6.08 Å². The highest BCUT2D eigenvalue weighted by molar-refractivity contribution is 5.89. The van der Waals surface area contributed by atoms with Crippen molar-refractivity contribution < 1.29 is 4.74 Å². The number of hydrogen-bond donors (Lipinski definition) is 0. The Morgan fingerprint density at radius 2 is 2.36 bits per heavy atom. The van der Waals surface area contributed by atoms with Gasteiger partial charge >= 0.3 is 0 Å². The van der Waals surface area contributed by atoms with E-state index in [1.54, 1.807) is 7.11 Å². The van der Waals surface area contributed by atoms with Gasteiger partial charge in [0, 0.05) is 18.7 Å². The van der Waals surface area contributed by atoms with Crippen LogP contribution in [-0.2, 0) is 4.74 Å². The summed E-state index contributed by atoms with van der Waals surface area (Å²) in [6.45, 7) is 0. The molecule has 0 aromatic rings. The lowest BCUT2D eigenvalue weighted by atomic mass is 9.75. The summed E-state index contributed by atoms with van der Waals surface area (Å²) >= 11 is 0. The molecule has 2 unspecified atom stereocenters. The first-order valence-electron chi connectivity index (χ1n) is 5.24. The zero-order valence-electron chi connectivity index (χ0n) is 8.86. The van der Waals surface area contributed by atoms with Crippen molar-refractivity contribution in [3.63, 3.8) is 0 Å². The Morgan fingerprint density at radius 1 is 1.50 bits per heavy atom. The van der Waals surface area contributed by atoms with E-state index in [1.165, 1.54) is 18.6 Å². The van der Waals surface area contributed by atoms with Crippen LogP contribution >= 0.6 is 0 Å². The molecular weight excluding hydrogens is 174 g/mol. The number of nitrogens with zero attached hydrogens (tertiary/aromatic N) is 1. The highest BCUT2D eigenvalue weighted by Gasteiger charge is 2.28. The molecule has 2 atom stereocenters. The lowest BCUT2D eigenvalue weighted by Gasteiger charge is -2.31. The zero-order valence-corrected chi connectivity index (χ0v) is 8.86. The molecule has 0 aliphatic heterocycles. The van der Waals surface area contributed by atoms with Gasteiger partial charge < -0.3 is 4.74 Å². The molecular formula is C12H17NO. The van der Waals surface area contributed by atoms with Gasteiger partial charge in [-0.15, -0.1) is 0 Å². The number of aliphatic imine (C=N–C) groups is 1. The van der Waals surface area contributed by atoms with Crippen LogP contribution in [0.2, 0.25) is 0 Å².